The standard InChI is InChI=1S/C8H12N6O2S4/c9-5(10)19-7(17)13-3(15)1-2-4(16)14-8(18)20-6(11)12/h1-2H2,(H3,9,10)(H3,11,12)(H,13,15,17)(H,14,16,18). The van der Waals surface area contributed by atoms with Gasteiger partial charge in [0.05, 0.1) is 0 Å². The number of thioether (sulfide) groups is 2. The van der Waals surface area contributed by atoms with Crippen molar-refractivity contribution in [3.05, 3.63) is 0 Å². The number of thiocarbonyl (C=S) groups is 2. The van der Waals surface area contributed by atoms with Crippen LogP contribution in [0.15, 0.2) is 0 Å². The second kappa shape index (κ2) is 9.63. The van der Waals surface area contributed by atoms with Gasteiger partial charge in [-0.15, -0.1) is 0 Å². The second-order valence-electron chi connectivity index (χ2n) is 3.10. The third-order valence-electron chi connectivity index (χ3n) is 1.47. The van der Waals surface area contributed by atoms with Gasteiger partial charge >= 0.3 is 0 Å². The van der Waals surface area contributed by atoms with E-state index >= 15 is 0 Å². The molecule has 2 amide bonds. The smallest absolute Gasteiger partial charge is 0.225 e. The molecule has 0 radical (unpaired) electrons. The summed E-state index contributed by atoms with van der Waals surface area (Å²) >= 11 is 11.0. The summed E-state index contributed by atoms with van der Waals surface area (Å²) in [4.78, 5) is 22.8. The Labute approximate surface area is 134 Å². The normalized spacial score (nSPS) is 9.40. The molecule has 0 aromatic carbocycles. The molecule has 0 unspecified atom stereocenters. The van der Waals surface area contributed by atoms with E-state index in [9.17, 15) is 9.59 Å². The van der Waals surface area contributed by atoms with E-state index in [1.54, 1.807) is 0 Å². The van der Waals surface area contributed by atoms with Gasteiger partial charge in [-0.2, -0.15) is 0 Å². The van der Waals surface area contributed by atoms with Gasteiger partial charge in [-0.05, 0) is 23.5 Å². The Hall–Kier alpha value is -1.24. The van der Waals surface area contributed by atoms with Gasteiger partial charge in [-0.1, -0.05) is 24.4 Å². The molecule has 0 rings (SSSR count). The lowest BCUT2D eigenvalue weighted by Gasteiger charge is -2.06. The minimum Gasteiger partial charge on any atom is -0.378 e. The van der Waals surface area contributed by atoms with Crippen LogP contribution in [0.4, 0.5) is 0 Å². The minimum atomic E-state index is -0.468. The SMILES string of the molecule is N=C(N)SC(=S)NC(=O)CCC(=O)NC(=S)SC(=N)N. The second-order valence-corrected chi connectivity index (χ2v) is 6.54. The first-order valence-corrected chi connectivity index (χ1v) is 7.37. The van der Waals surface area contributed by atoms with Crippen molar-refractivity contribution in [1.29, 1.82) is 10.8 Å². The van der Waals surface area contributed by atoms with E-state index in [0.29, 0.717) is 0 Å². The number of amides is 2. The number of rotatable bonds is 3. The van der Waals surface area contributed by atoms with Crippen molar-refractivity contribution in [1.82, 2.24) is 10.6 Å². The highest BCUT2D eigenvalue weighted by Crippen LogP contribution is 2.02. The van der Waals surface area contributed by atoms with E-state index in [0.717, 1.165) is 23.5 Å². The van der Waals surface area contributed by atoms with Crippen LogP contribution in [0.3, 0.4) is 0 Å². The van der Waals surface area contributed by atoms with E-state index in [2.05, 4.69) is 10.6 Å². The van der Waals surface area contributed by atoms with E-state index < -0.39 is 11.8 Å². The number of amidine groups is 2. The molecule has 0 fully saturated rings. The molecule has 0 aliphatic heterocycles. The molecule has 0 bridgehead atoms. The molecular formula is C8H12N6O2S4. The van der Waals surface area contributed by atoms with Crippen LogP contribution in [-0.4, -0.2) is 30.8 Å². The third-order valence-corrected chi connectivity index (χ3v) is 3.19. The fourth-order valence-electron chi connectivity index (χ4n) is 0.830. The van der Waals surface area contributed by atoms with Crippen LogP contribution < -0.4 is 22.1 Å². The maximum absolute atomic E-state index is 11.4. The Morgan fingerprint density at radius 1 is 0.900 bits per heavy atom. The monoisotopic (exact) mass is 352 g/mol. The molecule has 0 saturated carbocycles. The van der Waals surface area contributed by atoms with Gasteiger partial charge < -0.3 is 22.1 Å². The van der Waals surface area contributed by atoms with Crippen molar-refractivity contribution in [3.8, 4) is 0 Å². The zero-order valence-corrected chi connectivity index (χ0v) is 13.3. The summed E-state index contributed by atoms with van der Waals surface area (Å²) in [6.07, 6.45) is -0.199. The van der Waals surface area contributed by atoms with Gasteiger partial charge in [-0.25, -0.2) is 0 Å². The lowest BCUT2D eigenvalue weighted by Crippen LogP contribution is -2.32. The Kier molecular flexibility index (Phi) is 9.03. The van der Waals surface area contributed by atoms with Crippen LogP contribution in [0.2, 0.25) is 0 Å². The lowest BCUT2D eigenvalue weighted by atomic mass is 10.3. The van der Waals surface area contributed by atoms with Crippen LogP contribution in [-0.2, 0) is 9.59 Å². The van der Waals surface area contributed by atoms with Crippen molar-refractivity contribution in [2.24, 2.45) is 11.5 Å². The van der Waals surface area contributed by atoms with Crippen LogP contribution in [0.25, 0.3) is 0 Å². The van der Waals surface area contributed by atoms with Crippen molar-refractivity contribution in [2.75, 3.05) is 0 Å². The maximum atomic E-state index is 11.4. The molecule has 0 heterocycles. The van der Waals surface area contributed by atoms with E-state index in [1.165, 1.54) is 0 Å². The van der Waals surface area contributed by atoms with E-state index in [1.807, 2.05) is 0 Å². The summed E-state index contributed by atoms with van der Waals surface area (Å²) in [5.41, 5.74) is 10.2. The highest BCUT2D eigenvalue weighted by molar-refractivity contribution is 8.33. The van der Waals surface area contributed by atoms with Crippen molar-refractivity contribution in [3.63, 3.8) is 0 Å². The highest BCUT2D eigenvalue weighted by atomic mass is 32.2. The van der Waals surface area contributed by atoms with Crippen molar-refractivity contribution >= 4 is 78.8 Å². The summed E-state index contributed by atoms with van der Waals surface area (Å²) < 4.78 is 0.0936. The summed E-state index contributed by atoms with van der Waals surface area (Å²) in [5.74, 6) is -0.937. The largest absolute Gasteiger partial charge is 0.378 e. The van der Waals surface area contributed by atoms with Crippen molar-refractivity contribution in [2.45, 2.75) is 12.8 Å². The van der Waals surface area contributed by atoms with Gasteiger partial charge in [0.1, 0.15) is 8.64 Å². The summed E-state index contributed by atoms with van der Waals surface area (Å²) in [6.45, 7) is 0. The lowest BCUT2D eigenvalue weighted by molar-refractivity contribution is -0.124. The first-order chi connectivity index (χ1) is 9.20. The predicted octanol–water partition coefficient (Wildman–Crippen LogP) is -0.178. The minimum absolute atomic E-state index is 0.0468. The Morgan fingerprint density at radius 2 is 1.20 bits per heavy atom. The first kappa shape index (κ1) is 18.8. The number of nitrogens with one attached hydrogen (secondary N) is 4. The van der Waals surface area contributed by atoms with Gasteiger partial charge in [0.2, 0.25) is 11.8 Å². The highest BCUT2D eigenvalue weighted by Gasteiger charge is 2.11. The molecule has 0 aromatic heterocycles. The summed E-state index contributed by atoms with van der Waals surface area (Å²) in [7, 11) is 0. The molecule has 0 aromatic rings. The number of carbonyl (C=O) groups is 2. The molecule has 12 heteroatoms. The molecule has 8 N–H and O–H groups in total. The molecule has 20 heavy (non-hydrogen) atoms. The quantitative estimate of drug-likeness (QED) is 0.232. The molecule has 110 valence electrons. The predicted molar refractivity (Wildman–Crippen MR) is 89.7 cm³/mol. The van der Waals surface area contributed by atoms with Crippen LogP contribution in [0.1, 0.15) is 12.8 Å². The van der Waals surface area contributed by atoms with Gasteiger partial charge in [0, 0.05) is 12.8 Å². The van der Waals surface area contributed by atoms with Crippen LogP contribution in [0, 0.1) is 10.8 Å². The fraction of sp³-hybridized carbons (Fsp3) is 0.250. The maximum Gasteiger partial charge on any atom is 0.225 e. The molecule has 0 spiro atoms. The van der Waals surface area contributed by atoms with Crippen molar-refractivity contribution < 1.29 is 9.59 Å². The first-order valence-electron chi connectivity index (χ1n) is 4.92. The zero-order valence-electron chi connectivity index (χ0n) is 10.0. The molecular weight excluding hydrogens is 340 g/mol. The van der Waals surface area contributed by atoms with E-state index in [4.69, 9.17) is 46.7 Å². The Bertz CT molecular complexity index is 424. The Balaban J connectivity index is 3.97. The number of hydrogen-bond acceptors (Lipinski definition) is 8. The topological polar surface area (TPSA) is 158 Å². The Morgan fingerprint density at radius 3 is 1.45 bits per heavy atom. The average Bonchev–Trinajstić information content (AvgIpc) is 2.23. The zero-order chi connectivity index (χ0) is 15.7. The molecule has 0 aliphatic carbocycles. The average molecular weight is 352 g/mol. The van der Waals surface area contributed by atoms with E-state index in [-0.39, 0.29) is 31.8 Å². The molecule has 0 atom stereocenters. The van der Waals surface area contributed by atoms with Gasteiger partial charge in [0.15, 0.2) is 10.3 Å². The van der Waals surface area contributed by atoms with Crippen LogP contribution in [0.5, 0.6) is 0 Å². The fourth-order valence-corrected chi connectivity index (χ4v) is 2.33. The molecule has 0 aliphatic rings. The van der Waals surface area contributed by atoms with Gasteiger partial charge in [0.25, 0.3) is 0 Å². The molecule has 8 nitrogen and oxygen atoms in total. The number of hydrogen-bond donors (Lipinski definition) is 6. The number of nitrogens with two attached hydrogens (primary N) is 2. The third kappa shape index (κ3) is 10.7. The van der Waals surface area contributed by atoms with Gasteiger partial charge in [-0.3, -0.25) is 20.4 Å². The number of carbonyl (C=O) groups excluding carboxylic acids is 2. The summed E-state index contributed by atoms with van der Waals surface area (Å²) in [6, 6.07) is 0. The molecule has 0 saturated heterocycles. The summed E-state index contributed by atoms with van der Waals surface area (Å²) in [5, 5.41) is 18.1. The van der Waals surface area contributed by atoms with Crippen LogP contribution >= 0.6 is 48.0 Å².